The van der Waals surface area contributed by atoms with Crippen LogP contribution < -0.4 is 4.72 Å². The van der Waals surface area contributed by atoms with Crippen LogP contribution in [0.3, 0.4) is 0 Å². The Balaban J connectivity index is 2.87. The molecule has 0 saturated carbocycles. The molecular weight excluding hydrogens is 319 g/mol. The summed E-state index contributed by atoms with van der Waals surface area (Å²) in [6.07, 6.45) is -5.67. The summed E-state index contributed by atoms with van der Waals surface area (Å²) in [5.41, 5.74) is -0.101. The maximum Gasteiger partial charge on any atom is 0.396 e. The summed E-state index contributed by atoms with van der Waals surface area (Å²) < 4.78 is 63.6. The highest BCUT2D eigenvalue weighted by atomic mass is 32.2. The normalized spacial score (nSPS) is 12.9. The number of nitrogens with one attached hydrogen (secondary N) is 1. The number of amides is 1. The van der Waals surface area contributed by atoms with Crippen LogP contribution in [0.4, 0.5) is 13.2 Å². The van der Waals surface area contributed by atoms with Gasteiger partial charge in [0.1, 0.15) is 5.75 Å². The summed E-state index contributed by atoms with van der Waals surface area (Å²) in [5, 5.41) is 0. The molecule has 1 rings (SSSR count). The number of alkyl halides is 3. The van der Waals surface area contributed by atoms with Gasteiger partial charge in [0, 0.05) is 6.42 Å². The fraction of sp³-hybridized carbons (Fsp3) is 0.357. The number of rotatable bonds is 5. The Morgan fingerprint density at radius 1 is 1.27 bits per heavy atom. The Kier molecular flexibility index (Phi) is 6.00. The van der Waals surface area contributed by atoms with Crippen LogP contribution in [0.2, 0.25) is 0 Å². The number of sulfonamides is 1. The Labute approximate surface area is 126 Å². The van der Waals surface area contributed by atoms with Crippen molar-refractivity contribution in [2.75, 3.05) is 5.75 Å². The molecule has 0 radical (unpaired) electrons. The first-order valence-corrected chi connectivity index (χ1v) is 7.85. The molecule has 1 atom stereocenters. The van der Waals surface area contributed by atoms with Crippen molar-refractivity contribution in [2.45, 2.75) is 25.4 Å². The molecule has 1 amide bonds. The molecule has 0 saturated heterocycles. The number of carbonyl (C=O) groups is 1. The second kappa shape index (κ2) is 7.31. The summed E-state index contributed by atoms with van der Waals surface area (Å²) in [5.74, 6) is 0.633. The maximum atomic E-state index is 13.0. The van der Waals surface area contributed by atoms with Crippen molar-refractivity contribution >= 4 is 15.9 Å². The van der Waals surface area contributed by atoms with E-state index < -0.39 is 40.2 Å². The quantitative estimate of drug-likeness (QED) is 0.840. The molecule has 0 aliphatic carbocycles. The van der Waals surface area contributed by atoms with Gasteiger partial charge in [0.05, 0.1) is 5.92 Å². The molecule has 0 heterocycles. The highest BCUT2D eigenvalue weighted by molar-refractivity contribution is 7.90. The van der Waals surface area contributed by atoms with Gasteiger partial charge in [0.15, 0.2) is 0 Å². The Morgan fingerprint density at radius 2 is 1.86 bits per heavy atom. The van der Waals surface area contributed by atoms with Gasteiger partial charge in [-0.3, -0.25) is 9.52 Å². The zero-order valence-corrected chi connectivity index (χ0v) is 12.5. The van der Waals surface area contributed by atoms with Crippen LogP contribution in [0.25, 0.3) is 0 Å². The summed E-state index contributed by atoms with van der Waals surface area (Å²) in [7, 11) is -4.06. The van der Waals surface area contributed by atoms with Gasteiger partial charge in [-0.05, 0) is 12.5 Å². The van der Waals surface area contributed by atoms with Crippen LogP contribution >= 0.6 is 0 Å². The molecular formula is C14H14F3NO3S. The first kappa shape index (κ1) is 18.0. The van der Waals surface area contributed by atoms with Gasteiger partial charge >= 0.3 is 6.18 Å². The monoisotopic (exact) mass is 333 g/mol. The minimum Gasteiger partial charge on any atom is -0.274 e. The van der Waals surface area contributed by atoms with E-state index in [1.807, 2.05) is 0 Å². The third-order valence-corrected chi connectivity index (χ3v) is 3.76. The van der Waals surface area contributed by atoms with E-state index >= 15 is 0 Å². The van der Waals surface area contributed by atoms with Crippen LogP contribution in [0.1, 0.15) is 24.8 Å². The van der Waals surface area contributed by atoms with Gasteiger partial charge in [-0.25, -0.2) is 8.42 Å². The zero-order chi connectivity index (χ0) is 16.8. The summed E-state index contributed by atoms with van der Waals surface area (Å²) in [4.78, 5) is 11.6. The molecule has 0 aromatic heterocycles. The Bertz CT molecular complexity index is 673. The van der Waals surface area contributed by atoms with Crippen LogP contribution in [0.15, 0.2) is 30.3 Å². The van der Waals surface area contributed by atoms with E-state index in [4.69, 9.17) is 0 Å². The van der Waals surface area contributed by atoms with E-state index in [1.54, 1.807) is 10.8 Å². The lowest BCUT2D eigenvalue weighted by Crippen LogP contribution is -2.35. The van der Waals surface area contributed by atoms with E-state index in [9.17, 15) is 26.4 Å². The third kappa shape index (κ3) is 5.77. The molecule has 22 heavy (non-hydrogen) atoms. The molecule has 0 aliphatic heterocycles. The van der Waals surface area contributed by atoms with Gasteiger partial charge in [0.2, 0.25) is 15.9 Å². The number of halogens is 3. The highest BCUT2D eigenvalue weighted by Gasteiger charge is 2.42. The first-order valence-electron chi connectivity index (χ1n) is 6.20. The van der Waals surface area contributed by atoms with Crippen LogP contribution in [0, 0.1) is 11.8 Å². The number of hydrogen-bond acceptors (Lipinski definition) is 3. The molecule has 8 heteroatoms. The first-order chi connectivity index (χ1) is 10.2. The SMILES string of the molecule is CC#CCS(=O)(=O)NC(=O)CC(c1ccccc1)C(F)(F)F. The molecule has 1 aromatic carbocycles. The van der Waals surface area contributed by atoms with Crippen molar-refractivity contribution in [3.05, 3.63) is 35.9 Å². The molecule has 0 spiro atoms. The average molecular weight is 333 g/mol. The van der Waals surface area contributed by atoms with Gasteiger partial charge in [-0.15, -0.1) is 5.92 Å². The molecule has 1 N–H and O–H groups in total. The number of benzene rings is 1. The van der Waals surface area contributed by atoms with Crippen LogP contribution in [-0.2, 0) is 14.8 Å². The van der Waals surface area contributed by atoms with Crippen molar-refractivity contribution in [3.8, 4) is 11.8 Å². The molecule has 0 fully saturated rings. The lowest BCUT2D eigenvalue weighted by atomic mass is 9.95. The van der Waals surface area contributed by atoms with Crippen LogP contribution in [-0.4, -0.2) is 26.3 Å². The molecule has 120 valence electrons. The minimum absolute atomic E-state index is 0.101. The lowest BCUT2D eigenvalue weighted by Gasteiger charge is -2.20. The smallest absolute Gasteiger partial charge is 0.274 e. The van der Waals surface area contributed by atoms with E-state index in [0.29, 0.717) is 0 Å². The zero-order valence-electron chi connectivity index (χ0n) is 11.6. The fourth-order valence-corrected chi connectivity index (χ4v) is 2.55. The Morgan fingerprint density at radius 3 is 2.36 bits per heavy atom. The second-order valence-corrected chi connectivity index (χ2v) is 6.14. The maximum absolute atomic E-state index is 13.0. The van der Waals surface area contributed by atoms with Crippen molar-refractivity contribution in [1.82, 2.24) is 4.72 Å². The molecule has 0 bridgehead atoms. The fourth-order valence-electron chi connectivity index (χ4n) is 1.71. The summed E-state index contributed by atoms with van der Waals surface area (Å²) in [6, 6.07) is 6.86. The van der Waals surface area contributed by atoms with Gasteiger partial charge in [0.25, 0.3) is 0 Å². The van der Waals surface area contributed by atoms with E-state index in [0.717, 1.165) is 0 Å². The van der Waals surface area contributed by atoms with Gasteiger partial charge < -0.3 is 0 Å². The Hall–Kier alpha value is -2.01. The minimum atomic E-state index is -4.66. The van der Waals surface area contributed by atoms with E-state index in [-0.39, 0.29) is 5.56 Å². The van der Waals surface area contributed by atoms with E-state index in [1.165, 1.54) is 31.2 Å². The van der Waals surface area contributed by atoms with Gasteiger partial charge in [-0.1, -0.05) is 36.3 Å². The van der Waals surface area contributed by atoms with Crippen molar-refractivity contribution in [1.29, 1.82) is 0 Å². The molecule has 4 nitrogen and oxygen atoms in total. The predicted molar refractivity (Wildman–Crippen MR) is 75.2 cm³/mol. The largest absolute Gasteiger partial charge is 0.396 e. The number of carbonyl (C=O) groups excluding carboxylic acids is 1. The van der Waals surface area contributed by atoms with E-state index in [2.05, 4.69) is 11.8 Å². The van der Waals surface area contributed by atoms with Crippen LogP contribution in [0.5, 0.6) is 0 Å². The molecule has 0 aliphatic rings. The summed E-state index contributed by atoms with van der Waals surface area (Å²) in [6.45, 7) is 1.41. The number of hydrogen-bond donors (Lipinski definition) is 1. The standard InChI is InChI=1S/C14H14F3NO3S/c1-2-3-9-22(20,21)18-13(19)10-12(14(15,16)17)11-7-5-4-6-8-11/h4-8,12H,9-10H2,1H3,(H,18,19). The summed E-state index contributed by atoms with van der Waals surface area (Å²) >= 11 is 0. The highest BCUT2D eigenvalue weighted by Crippen LogP contribution is 2.37. The van der Waals surface area contributed by atoms with Crippen molar-refractivity contribution in [3.63, 3.8) is 0 Å². The predicted octanol–water partition coefficient (Wildman–Crippen LogP) is 2.19. The topological polar surface area (TPSA) is 63.2 Å². The molecule has 1 aromatic rings. The average Bonchev–Trinajstić information content (AvgIpc) is 2.42. The lowest BCUT2D eigenvalue weighted by molar-refractivity contribution is -0.156. The third-order valence-electron chi connectivity index (χ3n) is 2.69. The van der Waals surface area contributed by atoms with Gasteiger partial charge in [-0.2, -0.15) is 13.2 Å². The van der Waals surface area contributed by atoms with Crippen molar-refractivity contribution in [2.24, 2.45) is 0 Å². The molecule has 1 unspecified atom stereocenters. The second-order valence-electron chi connectivity index (χ2n) is 4.42. The van der Waals surface area contributed by atoms with Crippen molar-refractivity contribution < 1.29 is 26.4 Å².